The Morgan fingerprint density at radius 1 is 1.18 bits per heavy atom. The molecule has 1 fully saturated rings. The lowest BCUT2D eigenvalue weighted by Gasteiger charge is -2.34. The molecule has 0 spiro atoms. The molecule has 7 nitrogen and oxygen atoms in total. The molecule has 5 rings (SSSR count). The first-order valence-corrected chi connectivity index (χ1v) is 12.0. The van der Waals surface area contributed by atoms with Gasteiger partial charge in [0.1, 0.15) is 12.3 Å². The third-order valence-electron chi connectivity index (χ3n) is 6.57. The van der Waals surface area contributed by atoms with Crippen LogP contribution in [0.4, 0.5) is 9.18 Å². The number of aryl methyl sites for hydroxylation is 2. The number of aromatic nitrogens is 3. The SMILES string of the molecule is CC(C)(C)OC(=O)n1cc2c(n1)CCC(N(C(=O)c1cccc3c1ccn3CCF)C1CC1)C2. The number of amides is 1. The minimum absolute atomic E-state index is 0.0269. The number of rotatable bonds is 5. The number of hydrogen-bond acceptors (Lipinski definition) is 4. The fourth-order valence-electron chi connectivity index (χ4n) is 4.94. The second-order valence-corrected chi connectivity index (χ2v) is 10.3. The topological polar surface area (TPSA) is 69.4 Å². The largest absolute Gasteiger partial charge is 0.442 e. The quantitative estimate of drug-likeness (QED) is 0.544. The van der Waals surface area contributed by atoms with Crippen molar-refractivity contribution in [2.24, 2.45) is 0 Å². The molecule has 2 aliphatic carbocycles. The summed E-state index contributed by atoms with van der Waals surface area (Å²) in [6, 6.07) is 7.87. The number of hydrogen-bond donors (Lipinski definition) is 0. The predicted molar refractivity (Wildman–Crippen MR) is 127 cm³/mol. The van der Waals surface area contributed by atoms with Crippen LogP contribution in [-0.4, -0.2) is 55.6 Å². The summed E-state index contributed by atoms with van der Waals surface area (Å²) in [5.74, 6) is 0.0269. The zero-order valence-electron chi connectivity index (χ0n) is 20.0. The van der Waals surface area contributed by atoms with Gasteiger partial charge >= 0.3 is 6.09 Å². The molecule has 0 saturated heterocycles. The molecule has 1 amide bonds. The Balaban J connectivity index is 1.40. The van der Waals surface area contributed by atoms with Crippen LogP contribution in [0.5, 0.6) is 0 Å². The number of alkyl halides is 1. The third kappa shape index (κ3) is 4.33. The predicted octanol–water partition coefficient (Wildman–Crippen LogP) is 4.75. The number of carbonyl (C=O) groups excluding carboxylic acids is 2. The Hall–Kier alpha value is -3.16. The zero-order chi connectivity index (χ0) is 24.0. The number of carbonyl (C=O) groups is 2. The van der Waals surface area contributed by atoms with Crippen LogP contribution in [0.2, 0.25) is 0 Å². The van der Waals surface area contributed by atoms with Gasteiger partial charge in [0.15, 0.2) is 0 Å². The van der Waals surface area contributed by atoms with Crippen molar-refractivity contribution in [3.63, 3.8) is 0 Å². The van der Waals surface area contributed by atoms with E-state index >= 15 is 0 Å². The average molecular weight is 467 g/mol. The van der Waals surface area contributed by atoms with Crippen molar-refractivity contribution in [1.29, 1.82) is 0 Å². The maximum Gasteiger partial charge on any atom is 0.435 e. The van der Waals surface area contributed by atoms with Crippen LogP contribution in [-0.2, 0) is 24.1 Å². The lowest BCUT2D eigenvalue weighted by atomic mass is 9.91. The molecule has 0 radical (unpaired) electrons. The first-order valence-electron chi connectivity index (χ1n) is 12.0. The van der Waals surface area contributed by atoms with Gasteiger partial charge < -0.3 is 14.2 Å². The first kappa shape index (κ1) is 22.6. The number of ether oxygens (including phenoxy) is 1. The molecule has 0 N–H and O–H groups in total. The molecule has 1 aromatic carbocycles. The summed E-state index contributed by atoms with van der Waals surface area (Å²) in [4.78, 5) is 28.4. The van der Waals surface area contributed by atoms with E-state index in [4.69, 9.17) is 4.74 Å². The highest BCUT2D eigenvalue weighted by Crippen LogP contribution is 2.36. The Morgan fingerprint density at radius 2 is 1.97 bits per heavy atom. The van der Waals surface area contributed by atoms with E-state index in [1.165, 1.54) is 4.68 Å². The highest BCUT2D eigenvalue weighted by Gasteiger charge is 2.40. The van der Waals surface area contributed by atoms with Crippen LogP contribution in [0, 0.1) is 0 Å². The van der Waals surface area contributed by atoms with Crippen LogP contribution in [0.1, 0.15) is 61.6 Å². The average Bonchev–Trinajstić information content (AvgIpc) is 3.37. The number of benzene rings is 1. The van der Waals surface area contributed by atoms with Gasteiger partial charge in [0.25, 0.3) is 5.91 Å². The molecule has 0 aliphatic heterocycles. The zero-order valence-corrected chi connectivity index (χ0v) is 20.0. The number of halogens is 1. The van der Waals surface area contributed by atoms with Crippen molar-refractivity contribution >= 4 is 22.9 Å². The molecular weight excluding hydrogens is 435 g/mol. The van der Waals surface area contributed by atoms with Crippen molar-refractivity contribution in [3.8, 4) is 0 Å². The van der Waals surface area contributed by atoms with Crippen molar-refractivity contribution in [1.82, 2.24) is 19.2 Å². The summed E-state index contributed by atoms with van der Waals surface area (Å²) in [6.07, 6.45) is 7.31. The van der Waals surface area contributed by atoms with Crippen LogP contribution >= 0.6 is 0 Å². The summed E-state index contributed by atoms with van der Waals surface area (Å²) >= 11 is 0. The molecule has 2 heterocycles. The van der Waals surface area contributed by atoms with Crippen molar-refractivity contribution in [3.05, 3.63) is 53.5 Å². The lowest BCUT2D eigenvalue weighted by molar-refractivity contribution is 0.0513. The molecule has 1 saturated carbocycles. The van der Waals surface area contributed by atoms with Crippen molar-refractivity contribution in [2.45, 2.75) is 77.1 Å². The molecule has 2 aromatic heterocycles. The van der Waals surface area contributed by atoms with Gasteiger partial charge in [-0.05, 0) is 76.6 Å². The van der Waals surface area contributed by atoms with Gasteiger partial charge in [0.05, 0.1) is 12.2 Å². The maximum atomic E-state index is 13.8. The van der Waals surface area contributed by atoms with E-state index in [9.17, 15) is 14.0 Å². The second-order valence-electron chi connectivity index (χ2n) is 10.3. The summed E-state index contributed by atoms with van der Waals surface area (Å²) in [7, 11) is 0. The van der Waals surface area contributed by atoms with Gasteiger partial charge in [-0.3, -0.25) is 4.79 Å². The summed E-state index contributed by atoms with van der Waals surface area (Å²) in [5, 5.41) is 5.32. The molecule has 1 atom stereocenters. The highest BCUT2D eigenvalue weighted by molar-refractivity contribution is 6.07. The van der Waals surface area contributed by atoms with Crippen LogP contribution < -0.4 is 0 Å². The number of nitrogens with zero attached hydrogens (tertiary/aromatic N) is 4. The highest BCUT2D eigenvalue weighted by atomic mass is 19.1. The Labute approximate surface area is 198 Å². The summed E-state index contributed by atoms with van der Waals surface area (Å²) in [5.41, 5.74) is 2.84. The van der Waals surface area contributed by atoms with E-state index in [1.54, 1.807) is 6.20 Å². The third-order valence-corrected chi connectivity index (χ3v) is 6.57. The van der Waals surface area contributed by atoms with Crippen molar-refractivity contribution < 1.29 is 18.7 Å². The van der Waals surface area contributed by atoms with Crippen LogP contribution in [0.15, 0.2) is 36.7 Å². The molecule has 180 valence electrons. The molecule has 1 unspecified atom stereocenters. The molecular formula is C26H31FN4O3. The smallest absolute Gasteiger partial charge is 0.435 e. The normalized spacial score (nSPS) is 18.1. The van der Waals surface area contributed by atoms with Gasteiger partial charge in [-0.15, -0.1) is 0 Å². The molecule has 3 aromatic rings. The minimum atomic E-state index is -0.592. The second kappa shape index (κ2) is 8.56. The van der Waals surface area contributed by atoms with Crippen LogP contribution in [0.25, 0.3) is 10.9 Å². The molecule has 8 heteroatoms. The summed E-state index contributed by atoms with van der Waals surface area (Å²) in [6.45, 7) is 5.32. The van der Waals surface area contributed by atoms with Crippen LogP contribution in [0.3, 0.4) is 0 Å². The van der Waals surface area contributed by atoms with Gasteiger partial charge in [-0.2, -0.15) is 9.78 Å². The fraction of sp³-hybridized carbons (Fsp3) is 0.500. The maximum absolute atomic E-state index is 13.8. The molecule has 2 aliphatic rings. The Morgan fingerprint density at radius 3 is 2.68 bits per heavy atom. The van der Waals surface area contributed by atoms with E-state index in [-0.39, 0.29) is 24.5 Å². The molecule has 34 heavy (non-hydrogen) atoms. The van der Waals surface area contributed by atoms with Gasteiger partial charge in [0.2, 0.25) is 0 Å². The first-order chi connectivity index (χ1) is 16.2. The van der Waals surface area contributed by atoms with E-state index in [1.807, 2.05) is 55.8 Å². The Bertz CT molecular complexity index is 1230. The minimum Gasteiger partial charge on any atom is -0.442 e. The van der Waals surface area contributed by atoms with Gasteiger partial charge in [0, 0.05) is 40.9 Å². The molecule has 0 bridgehead atoms. The van der Waals surface area contributed by atoms with E-state index in [0.717, 1.165) is 41.4 Å². The number of fused-ring (bicyclic) bond motifs is 2. The Kier molecular flexibility index (Phi) is 5.70. The summed E-state index contributed by atoms with van der Waals surface area (Å²) < 4.78 is 21.5. The van der Waals surface area contributed by atoms with Gasteiger partial charge in [-0.1, -0.05) is 6.07 Å². The standard InChI is InChI=1S/C26H31FN4O3/c1-26(2,3)34-25(33)30-16-17-15-19(9-10-22(17)28-30)31(18-7-8-18)24(32)21-5-4-6-23-20(21)11-13-29(23)14-12-27/h4-6,11,13,16,18-19H,7-10,12,14-15H2,1-3H3. The van der Waals surface area contributed by atoms with Gasteiger partial charge in [-0.25, -0.2) is 9.18 Å². The van der Waals surface area contributed by atoms with Crippen molar-refractivity contribution in [2.75, 3.05) is 6.67 Å². The lowest BCUT2D eigenvalue weighted by Crippen LogP contribution is -2.44. The van der Waals surface area contributed by atoms with E-state index in [2.05, 4.69) is 10.00 Å². The monoisotopic (exact) mass is 466 g/mol. The van der Waals surface area contributed by atoms with E-state index < -0.39 is 18.4 Å². The van der Waals surface area contributed by atoms with E-state index in [0.29, 0.717) is 18.4 Å². The fourth-order valence-corrected chi connectivity index (χ4v) is 4.94.